The van der Waals surface area contributed by atoms with Crippen LogP contribution in [0.4, 0.5) is 11.5 Å². The molecule has 1 aliphatic carbocycles. The molecule has 0 amide bonds. The van der Waals surface area contributed by atoms with E-state index in [2.05, 4.69) is 20.9 Å². The van der Waals surface area contributed by atoms with Crippen LogP contribution in [0.5, 0.6) is 0 Å². The summed E-state index contributed by atoms with van der Waals surface area (Å²) in [6, 6.07) is 13.4. The molecule has 1 aromatic heterocycles. The Morgan fingerprint density at radius 2 is 2.00 bits per heavy atom. The van der Waals surface area contributed by atoms with Crippen LogP contribution < -0.4 is 4.90 Å². The second kappa shape index (κ2) is 6.12. The average molecular weight is 334 g/mol. The van der Waals surface area contributed by atoms with Crippen molar-refractivity contribution in [2.75, 3.05) is 4.90 Å². The van der Waals surface area contributed by atoms with E-state index in [1.54, 1.807) is 18.5 Å². The number of nitro groups is 1. The first-order valence-corrected chi connectivity index (χ1v) is 8.34. The zero-order chi connectivity index (χ0) is 17.4. The maximum atomic E-state index is 11.3. The summed E-state index contributed by atoms with van der Waals surface area (Å²) >= 11 is 0. The number of hydrogen-bond acceptors (Lipinski definition) is 5. The van der Waals surface area contributed by atoms with Crippen LogP contribution in [0.2, 0.25) is 0 Å². The number of nitro benzene ring substituents is 1. The molecule has 6 heteroatoms. The van der Waals surface area contributed by atoms with Gasteiger partial charge in [-0.05, 0) is 31.9 Å². The minimum absolute atomic E-state index is 0.155. The summed E-state index contributed by atoms with van der Waals surface area (Å²) in [5, 5.41) is 12.3. The monoisotopic (exact) mass is 334 g/mol. The van der Waals surface area contributed by atoms with Crippen LogP contribution >= 0.6 is 0 Å². The smallest absolute Gasteiger partial charge is 0.274 e. The van der Waals surface area contributed by atoms with Crippen molar-refractivity contribution < 1.29 is 4.92 Å². The summed E-state index contributed by atoms with van der Waals surface area (Å²) in [6.07, 6.45) is 3.73. The fraction of sp³-hybridized carbons (Fsp3) is 0.263. The van der Waals surface area contributed by atoms with Gasteiger partial charge in [0.1, 0.15) is 12.1 Å². The van der Waals surface area contributed by atoms with E-state index in [-0.39, 0.29) is 10.6 Å². The third kappa shape index (κ3) is 3.03. The Kier molecular flexibility index (Phi) is 3.80. The Morgan fingerprint density at radius 3 is 2.76 bits per heavy atom. The van der Waals surface area contributed by atoms with Crippen LogP contribution in [0.1, 0.15) is 24.0 Å². The molecule has 0 N–H and O–H groups in total. The maximum Gasteiger partial charge on any atom is 0.274 e. The van der Waals surface area contributed by atoms with Crippen molar-refractivity contribution in [2.45, 2.75) is 32.4 Å². The molecule has 1 heterocycles. The topological polar surface area (TPSA) is 72.2 Å². The lowest BCUT2D eigenvalue weighted by Gasteiger charge is -2.24. The molecule has 0 radical (unpaired) electrons. The lowest BCUT2D eigenvalue weighted by Crippen LogP contribution is -2.26. The number of benzene rings is 2. The van der Waals surface area contributed by atoms with E-state index >= 15 is 0 Å². The summed E-state index contributed by atoms with van der Waals surface area (Å²) < 4.78 is 0. The molecule has 0 bridgehead atoms. The van der Waals surface area contributed by atoms with E-state index in [0.29, 0.717) is 18.2 Å². The van der Waals surface area contributed by atoms with Crippen molar-refractivity contribution in [3.8, 4) is 0 Å². The van der Waals surface area contributed by atoms with E-state index in [1.165, 1.54) is 0 Å². The van der Waals surface area contributed by atoms with Gasteiger partial charge in [-0.2, -0.15) is 0 Å². The van der Waals surface area contributed by atoms with Gasteiger partial charge in [-0.15, -0.1) is 0 Å². The van der Waals surface area contributed by atoms with E-state index in [9.17, 15) is 10.1 Å². The summed E-state index contributed by atoms with van der Waals surface area (Å²) in [4.78, 5) is 22.1. The number of fused-ring (bicyclic) bond motifs is 1. The first-order chi connectivity index (χ1) is 12.1. The highest BCUT2D eigenvalue weighted by atomic mass is 16.6. The van der Waals surface area contributed by atoms with Gasteiger partial charge in [0.25, 0.3) is 5.69 Å². The van der Waals surface area contributed by atoms with Crippen molar-refractivity contribution in [3.63, 3.8) is 0 Å². The number of rotatable bonds is 5. The molecule has 1 fully saturated rings. The van der Waals surface area contributed by atoms with Crippen molar-refractivity contribution in [3.05, 3.63) is 70.0 Å². The van der Waals surface area contributed by atoms with Gasteiger partial charge in [0.15, 0.2) is 0 Å². The highest BCUT2D eigenvalue weighted by Gasteiger charge is 2.32. The van der Waals surface area contributed by atoms with Gasteiger partial charge in [-0.1, -0.05) is 29.8 Å². The average Bonchev–Trinajstić information content (AvgIpc) is 3.44. The lowest BCUT2D eigenvalue weighted by molar-refractivity contribution is -0.385. The summed E-state index contributed by atoms with van der Waals surface area (Å²) in [5.74, 6) is 0.856. The highest BCUT2D eigenvalue weighted by Crippen LogP contribution is 2.36. The number of hydrogen-bond donors (Lipinski definition) is 0. The molecular weight excluding hydrogens is 316 g/mol. The van der Waals surface area contributed by atoms with Crippen LogP contribution in [0.3, 0.4) is 0 Å². The molecule has 0 saturated heterocycles. The predicted molar refractivity (Wildman–Crippen MR) is 96.6 cm³/mol. The van der Waals surface area contributed by atoms with Crippen molar-refractivity contribution in [1.29, 1.82) is 0 Å². The molecule has 6 nitrogen and oxygen atoms in total. The number of para-hydroxylation sites is 1. The fourth-order valence-electron chi connectivity index (χ4n) is 3.16. The van der Waals surface area contributed by atoms with E-state index in [1.807, 2.05) is 31.2 Å². The van der Waals surface area contributed by atoms with Crippen LogP contribution in [0.25, 0.3) is 10.9 Å². The Balaban J connectivity index is 1.79. The van der Waals surface area contributed by atoms with E-state index in [0.717, 1.165) is 35.1 Å². The molecular formula is C19H18N4O2. The first kappa shape index (κ1) is 15.5. The standard InChI is InChI=1S/C19H18N4O2/c1-13-6-9-17-16(10-13)19(21-12-20-17)22(15-7-8-15)11-14-4-2-3-5-18(14)23(24)25/h2-6,9-10,12,15H,7-8,11H2,1H3. The fourth-order valence-corrected chi connectivity index (χ4v) is 3.16. The van der Waals surface area contributed by atoms with Crippen molar-refractivity contribution in [2.24, 2.45) is 0 Å². The lowest BCUT2D eigenvalue weighted by atomic mass is 10.1. The third-order valence-corrected chi connectivity index (χ3v) is 4.56. The van der Waals surface area contributed by atoms with Crippen LogP contribution in [-0.2, 0) is 6.54 Å². The molecule has 25 heavy (non-hydrogen) atoms. The second-order valence-electron chi connectivity index (χ2n) is 6.46. The van der Waals surface area contributed by atoms with Gasteiger partial charge in [-0.3, -0.25) is 10.1 Å². The van der Waals surface area contributed by atoms with Gasteiger partial charge in [0.2, 0.25) is 0 Å². The van der Waals surface area contributed by atoms with Crippen LogP contribution in [-0.4, -0.2) is 20.9 Å². The van der Waals surface area contributed by atoms with E-state index in [4.69, 9.17) is 0 Å². The van der Waals surface area contributed by atoms with Crippen LogP contribution in [0, 0.1) is 17.0 Å². The number of aryl methyl sites for hydroxylation is 1. The van der Waals surface area contributed by atoms with Crippen LogP contribution in [0.15, 0.2) is 48.8 Å². The zero-order valence-corrected chi connectivity index (χ0v) is 13.9. The Morgan fingerprint density at radius 1 is 1.20 bits per heavy atom. The largest absolute Gasteiger partial charge is 0.348 e. The number of anilines is 1. The minimum Gasteiger partial charge on any atom is -0.348 e. The first-order valence-electron chi connectivity index (χ1n) is 8.34. The van der Waals surface area contributed by atoms with Gasteiger partial charge in [0.05, 0.1) is 17.0 Å². The van der Waals surface area contributed by atoms with Gasteiger partial charge in [-0.25, -0.2) is 9.97 Å². The molecule has 3 aromatic rings. The summed E-state index contributed by atoms with van der Waals surface area (Å²) in [7, 11) is 0. The predicted octanol–water partition coefficient (Wildman–Crippen LogP) is 4.02. The quantitative estimate of drug-likeness (QED) is 0.520. The molecule has 4 rings (SSSR count). The molecule has 1 aliphatic rings. The molecule has 0 spiro atoms. The third-order valence-electron chi connectivity index (χ3n) is 4.56. The Labute approximate surface area is 145 Å². The van der Waals surface area contributed by atoms with E-state index < -0.39 is 0 Å². The second-order valence-corrected chi connectivity index (χ2v) is 6.46. The number of nitrogens with zero attached hydrogens (tertiary/aromatic N) is 4. The highest BCUT2D eigenvalue weighted by molar-refractivity contribution is 5.90. The molecule has 1 saturated carbocycles. The number of aromatic nitrogens is 2. The SMILES string of the molecule is Cc1ccc2ncnc(N(Cc3ccccc3[N+](=O)[O-])C3CC3)c2c1. The van der Waals surface area contributed by atoms with Crippen molar-refractivity contribution >= 4 is 22.4 Å². The summed E-state index contributed by atoms with van der Waals surface area (Å²) in [5.41, 5.74) is 2.90. The molecule has 0 atom stereocenters. The van der Waals surface area contributed by atoms with Gasteiger partial charge in [0, 0.05) is 23.1 Å². The molecule has 126 valence electrons. The molecule has 2 aromatic carbocycles. The normalized spacial score (nSPS) is 13.8. The van der Waals surface area contributed by atoms with Gasteiger partial charge >= 0.3 is 0 Å². The maximum absolute atomic E-state index is 11.3. The zero-order valence-electron chi connectivity index (χ0n) is 13.9. The molecule has 0 unspecified atom stereocenters. The Bertz CT molecular complexity index is 953. The molecule has 0 aliphatic heterocycles. The van der Waals surface area contributed by atoms with Crippen molar-refractivity contribution in [1.82, 2.24) is 9.97 Å². The Hall–Kier alpha value is -3.02. The van der Waals surface area contributed by atoms with Gasteiger partial charge < -0.3 is 4.90 Å². The summed E-state index contributed by atoms with van der Waals surface area (Å²) in [6.45, 7) is 2.52. The minimum atomic E-state index is -0.317.